The summed E-state index contributed by atoms with van der Waals surface area (Å²) in [5.74, 6) is -1.03. The van der Waals surface area contributed by atoms with Crippen molar-refractivity contribution in [3.05, 3.63) is 58.4 Å². The molecule has 3 heterocycles. The number of fused-ring (bicyclic) bond motifs is 1. The fraction of sp³-hybridized carbons (Fsp3) is 0.286. The third-order valence-corrected chi connectivity index (χ3v) is 6.11. The minimum absolute atomic E-state index is 0.0442. The Morgan fingerprint density at radius 1 is 1.10 bits per heavy atom. The van der Waals surface area contributed by atoms with Crippen LogP contribution < -0.4 is 10.9 Å². The number of benzene rings is 1. The normalized spacial score (nSPS) is 16.6. The van der Waals surface area contributed by atoms with Crippen LogP contribution in [0.5, 0.6) is 0 Å². The zero-order valence-corrected chi connectivity index (χ0v) is 16.9. The average molecular weight is 410 g/mol. The van der Waals surface area contributed by atoms with Crippen molar-refractivity contribution in [2.24, 2.45) is 13.0 Å². The van der Waals surface area contributed by atoms with Crippen LogP contribution in [0.15, 0.2) is 48.0 Å². The van der Waals surface area contributed by atoms with Crippen LogP contribution in [-0.2, 0) is 11.8 Å². The second-order valence-electron chi connectivity index (χ2n) is 7.18. The van der Waals surface area contributed by atoms with Gasteiger partial charge in [-0.05, 0) is 30.4 Å². The third kappa shape index (κ3) is 3.88. The number of hydrogen-bond acceptors (Lipinski definition) is 4. The number of hydrogen-bond donors (Lipinski definition) is 2. The van der Waals surface area contributed by atoms with Gasteiger partial charge in [0.1, 0.15) is 0 Å². The predicted octanol–water partition coefficient (Wildman–Crippen LogP) is 2.55. The summed E-state index contributed by atoms with van der Waals surface area (Å²) >= 11 is 1.40. The number of carbonyl (C=O) groups is 3. The molecule has 3 amide bonds. The summed E-state index contributed by atoms with van der Waals surface area (Å²) in [5, 5.41) is 2.69. The van der Waals surface area contributed by atoms with E-state index < -0.39 is 0 Å². The highest BCUT2D eigenvalue weighted by Gasteiger charge is 2.29. The quantitative estimate of drug-likeness (QED) is 0.651. The summed E-state index contributed by atoms with van der Waals surface area (Å²) in [6.45, 7) is 0.996. The molecule has 2 aromatic heterocycles. The van der Waals surface area contributed by atoms with Crippen molar-refractivity contribution >= 4 is 40.0 Å². The number of piperidine rings is 1. The molecule has 7 nitrogen and oxygen atoms in total. The molecule has 1 aliphatic rings. The van der Waals surface area contributed by atoms with Gasteiger partial charge in [-0.15, -0.1) is 11.3 Å². The molecule has 1 saturated heterocycles. The smallest absolute Gasteiger partial charge is 0.271 e. The highest BCUT2D eigenvalue weighted by atomic mass is 32.1. The number of nitrogens with zero attached hydrogens (tertiary/aromatic N) is 2. The zero-order chi connectivity index (χ0) is 20.4. The van der Waals surface area contributed by atoms with Gasteiger partial charge in [0.05, 0.1) is 16.4 Å². The van der Waals surface area contributed by atoms with E-state index in [0.29, 0.717) is 30.0 Å². The molecule has 29 heavy (non-hydrogen) atoms. The van der Waals surface area contributed by atoms with Crippen LogP contribution >= 0.6 is 11.3 Å². The summed E-state index contributed by atoms with van der Waals surface area (Å²) in [4.78, 5) is 40.1. The summed E-state index contributed by atoms with van der Waals surface area (Å²) in [6, 6.07) is 11.2. The average Bonchev–Trinajstić information content (AvgIpc) is 3.40. The van der Waals surface area contributed by atoms with Gasteiger partial charge in [-0.25, -0.2) is 0 Å². The molecular formula is C21H22N4O3S. The first-order valence-corrected chi connectivity index (χ1v) is 10.4. The first-order chi connectivity index (χ1) is 14.0. The van der Waals surface area contributed by atoms with Crippen LogP contribution in [0.3, 0.4) is 0 Å². The molecule has 4 rings (SSSR count). The van der Waals surface area contributed by atoms with Crippen LogP contribution in [0.25, 0.3) is 10.9 Å². The van der Waals surface area contributed by atoms with E-state index in [2.05, 4.69) is 10.9 Å². The van der Waals surface area contributed by atoms with E-state index in [4.69, 9.17) is 0 Å². The number of thiophene rings is 1. The Balaban J connectivity index is 1.37. The molecule has 8 heteroatoms. The van der Waals surface area contributed by atoms with Gasteiger partial charge in [0.2, 0.25) is 5.91 Å². The molecular weight excluding hydrogens is 388 g/mol. The van der Waals surface area contributed by atoms with Gasteiger partial charge in [0.25, 0.3) is 11.8 Å². The van der Waals surface area contributed by atoms with Crippen molar-refractivity contribution in [3.8, 4) is 0 Å². The van der Waals surface area contributed by atoms with Crippen molar-refractivity contribution in [2.45, 2.75) is 12.8 Å². The Kier molecular flexibility index (Phi) is 5.35. The van der Waals surface area contributed by atoms with Crippen LogP contribution in [0.2, 0.25) is 0 Å². The van der Waals surface area contributed by atoms with Crippen molar-refractivity contribution in [2.75, 3.05) is 13.1 Å². The molecule has 1 fully saturated rings. The number of rotatable bonds is 3. The minimum atomic E-state index is -0.363. The summed E-state index contributed by atoms with van der Waals surface area (Å²) < 4.78 is 1.88. The Bertz CT molecular complexity index is 1060. The first-order valence-electron chi connectivity index (χ1n) is 9.51. The van der Waals surface area contributed by atoms with Gasteiger partial charge in [-0.1, -0.05) is 24.3 Å². The fourth-order valence-electron chi connectivity index (χ4n) is 3.74. The van der Waals surface area contributed by atoms with Crippen molar-refractivity contribution < 1.29 is 14.4 Å². The molecule has 0 bridgehead atoms. The SMILES string of the molecule is Cn1cc(C(=O)NNC(=O)[C@@H]2CCCN(C(=O)c3cccs3)C2)c2ccccc21. The first kappa shape index (κ1) is 19.2. The standard InChI is InChI=1S/C21H22N4O3S/c1-24-13-16(15-7-2-3-8-17(15)24)20(27)23-22-19(26)14-6-4-10-25(12-14)21(28)18-9-5-11-29-18/h2-3,5,7-9,11,13-14H,4,6,10,12H2,1H3,(H,22,26)(H,23,27)/t14-/m1/s1. The van der Waals surface area contributed by atoms with Gasteiger partial charge in [-0.2, -0.15) is 0 Å². The van der Waals surface area contributed by atoms with Crippen LogP contribution in [0, 0.1) is 5.92 Å². The third-order valence-electron chi connectivity index (χ3n) is 5.25. The lowest BCUT2D eigenvalue weighted by Crippen LogP contribution is -2.50. The van der Waals surface area contributed by atoms with E-state index in [1.807, 2.05) is 47.3 Å². The number of amides is 3. The Hall–Kier alpha value is -3.13. The fourth-order valence-corrected chi connectivity index (χ4v) is 4.43. The molecule has 0 saturated carbocycles. The second-order valence-corrected chi connectivity index (χ2v) is 8.13. The van der Waals surface area contributed by atoms with Crippen molar-refractivity contribution in [1.82, 2.24) is 20.3 Å². The molecule has 3 aromatic rings. The van der Waals surface area contributed by atoms with E-state index >= 15 is 0 Å². The maximum atomic E-state index is 12.6. The van der Waals surface area contributed by atoms with Gasteiger partial charge in [0, 0.05) is 37.2 Å². The molecule has 2 N–H and O–H groups in total. The minimum Gasteiger partial charge on any atom is -0.350 e. The van der Waals surface area contributed by atoms with Crippen LogP contribution in [0.1, 0.15) is 32.9 Å². The molecule has 1 atom stereocenters. The highest BCUT2D eigenvalue weighted by Crippen LogP contribution is 2.21. The summed E-state index contributed by atoms with van der Waals surface area (Å²) in [7, 11) is 1.87. The topological polar surface area (TPSA) is 83.4 Å². The maximum absolute atomic E-state index is 12.6. The Morgan fingerprint density at radius 3 is 2.72 bits per heavy atom. The zero-order valence-electron chi connectivity index (χ0n) is 16.1. The molecule has 0 aliphatic carbocycles. The number of nitrogens with one attached hydrogen (secondary N) is 2. The summed E-state index contributed by atoms with van der Waals surface area (Å²) in [5.41, 5.74) is 6.50. The van der Waals surface area contributed by atoms with E-state index in [-0.39, 0.29) is 23.6 Å². The van der Waals surface area contributed by atoms with E-state index in [1.165, 1.54) is 11.3 Å². The van der Waals surface area contributed by atoms with Gasteiger partial charge < -0.3 is 9.47 Å². The molecule has 1 aliphatic heterocycles. The van der Waals surface area contributed by atoms with Crippen LogP contribution in [-0.4, -0.2) is 40.3 Å². The molecule has 0 spiro atoms. The van der Waals surface area contributed by atoms with E-state index in [9.17, 15) is 14.4 Å². The Labute approximate surface area is 172 Å². The van der Waals surface area contributed by atoms with Gasteiger partial charge >= 0.3 is 0 Å². The van der Waals surface area contributed by atoms with E-state index in [0.717, 1.165) is 17.3 Å². The number of aryl methyl sites for hydroxylation is 1. The number of aromatic nitrogens is 1. The Morgan fingerprint density at radius 2 is 1.93 bits per heavy atom. The number of para-hydroxylation sites is 1. The maximum Gasteiger partial charge on any atom is 0.271 e. The lowest BCUT2D eigenvalue weighted by Gasteiger charge is -2.31. The molecule has 0 radical (unpaired) electrons. The molecule has 150 valence electrons. The van der Waals surface area contributed by atoms with Crippen molar-refractivity contribution in [3.63, 3.8) is 0 Å². The number of likely N-dealkylation sites (tertiary alicyclic amines) is 1. The highest BCUT2D eigenvalue weighted by molar-refractivity contribution is 7.12. The van der Waals surface area contributed by atoms with Crippen molar-refractivity contribution in [1.29, 1.82) is 0 Å². The number of carbonyl (C=O) groups excluding carboxylic acids is 3. The van der Waals surface area contributed by atoms with Gasteiger partial charge in [-0.3, -0.25) is 25.2 Å². The molecule has 0 unspecified atom stereocenters. The van der Waals surface area contributed by atoms with Crippen LogP contribution in [0.4, 0.5) is 0 Å². The number of hydrazine groups is 1. The monoisotopic (exact) mass is 410 g/mol. The van der Waals surface area contributed by atoms with Gasteiger partial charge in [0.15, 0.2) is 0 Å². The predicted molar refractivity (Wildman–Crippen MR) is 111 cm³/mol. The van der Waals surface area contributed by atoms with E-state index in [1.54, 1.807) is 17.2 Å². The summed E-state index contributed by atoms with van der Waals surface area (Å²) in [6.07, 6.45) is 3.19. The molecule has 1 aromatic carbocycles. The largest absolute Gasteiger partial charge is 0.350 e. The lowest BCUT2D eigenvalue weighted by molar-refractivity contribution is -0.127. The lowest BCUT2D eigenvalue weighted by atomic mass is 9.97. The second kappa shape index (κ2) is 8.08.